The highest BCUT2D eigenvalue weighted by atomic mass is 19.4. The van der Waals surface area contributed by atoms with Crippen molar-refractivity contribution in [2.45, 2.75) is 19.1 Å². The lowest BCUT2D eigenvalue weighted by atomic mass is 10.2. The molecular weight excluding hydrogens is 283 g/mol. The van der Waals surface area contributed by atoms with Gasteiger partial charge in [-0.1, -0.05) is 0 Å². The van der Waals surface area contributed by atoms with Gasteiger partial charge in [-0.3, -0.25) is 10.1 Å². The molecule has 7 nitrogen and oxygen atoms in total. The summed E-state index contributed by atoms with van der Waals surface area (Å²) in [5.41, 5.74) is -2.44. The van der Waals surface area contributed by atoms with Crippen LogP contribution < -0.4 is 5.32 Å². The Balaban J connectivity index is 3.19. The molecule has 0 aromatic carbocycles. The summed E-state index contributed by atoms with van der Waals surface area (Å²) in [5.74, 6) is -0.773. The van der Waals surface area contributed by atoms with Crippen molar-refractivity contribution in [1.82, 2.24) is 4.98 Å². The Bertz CT molecular complexity index is 533. The summed E-state index contributed by atoms with van der Waals surface area (Å²) in [6.07, 6.45) is -4.27. The predicted molar refractivity (Wildman–Crippen MR) is 61.0 cm³/mol. The van der Waals surface area contributed by atoms with Crippen LogP contribution in [0.25, 0.3) is 0 Å². The summed E-state index contributed by atoms with van der Waals surface area (Å²) >= 11 is 0. The van der Waals surface area contributed by atoms with Gasteiger partial charge < -0.3 is 10.1 Å². The van der Waals surface area contributed by atoms with Crippen LogP contribution in [0.3, 0.4) is 0 Å². The number of carbonyl (C=O) groups is 1. The molecule has 1 aromatic rings. The fraction of sp³-hybridized carbons (Fsp3) is 0.400. The highest BCUT2D eigenvalue weighted by Crippen LogP contribution is 2.33. The van der Waals surface area contributed by atoms with Gasteiger partial charge >= 0.3 is 17.8 Å². The van der Waals surface area contributed by atoms with Crippen molar-refractivity contribution in [2.24, 2.45) is 0 Å². The summed E-state index contributed by atoms with van der Waals surface area (Å²) < 4.78 is 41.9. The Kier molecular flexibility index (Phi) is 4.48. The van der Waals surface area contributed by atoms with Crippen LogP contribution in [0, 0.1) is 10.1 Å². The highest BCUT2D eigenvalue weighted by molar-refractivity contribution is 5.80. The molecule has 1 atom stereocenters. The average Bonchev–Trinajstić information content (AvgIpc) is 2.36. The van der Waals surface area contributed by atoms with E-state index in [9.17, 15) is 28.1 Å². The van der Waals surface area contributed by atoms with Crippen LogP contribution in [0.5, 0.6) is 0 Å². The molecule has 0 aliphatic heterocycles. The molecule has 1 N–H and O–H groups in total. The first kappa shape index (κ1) is 15.7. The second-order valence-corrected chi connectivity index (χ2v) is 3.73. The number of methoxy groups -OCH3 is 1. The molecule has 1 aromatic heterocycles. The summed E-state index contributed by atoms with van der Waals surface area (Å²) in [5, 5.41) is 13.0. The maximum atomic E-state index is 12.5. The van der Waals surface area contributed by atoms with E-state index in [1.807, 2.05) is 0 Å². The van der Waals surface area contributed by atoms with Crippen molar-refractivity contribution >= 4 is 17.3 Å². The number of nitro groups is 1. The maximum Gasteiger partial charge on any atom is 0.433 e. The minimum Gasteiger partial charge on any atom is -0.467 e. The number of hydrogen-bond acceptors (Lipinski definition) is 6. The van der Waals surface area contributed by atoms with Gasteiger partial charge in [-0.15, -0.1) is 0 Å². The second-order valence-electron chi connectivity index (χ2n) is 3.73. The van der Waals surface area contributed by atoms with Crippen molar-refractivity contribution in [3.8, 4) is 0 Å². The van der Waals surface area contributed by atoms with Crippen molar-refractivity contribution in [3.63, 3.8) is 0 Å². The Morgan fingerprint density at radius 1 is 1.55 bits per heavy atom. The summed E-state index contributed by atoms with van der Waals surface area (Å²) in [6.45, 7) is 1.29. The zero-order chi connectivity index (χ0) is 15.5. The van der Waals surface area contributed by atoms with Gasteiger partial charge in [0.1, 0.15) is 23.6 Å². The second kappa shape index (κ2) is 5.72. The van der Waals surface area contributed by atoms with Crippen molar-refractivity contribution in [3.05, 3.63) is 28.1 Å². The number of aromatic nitrogens is 1. The van der Waals surface area contributed by atoms with Crippen molar-refractivity contribution < 1.29 is 27.6 Å². The molecule has 0 amide bonds. The maximum absolute atomic E-state index is 12.5. The molecule has 0 saturated heterocycles. The lowest BCUT2D eigenvalue weighted by molar-refractivity contribution is -0.384. The number of hydrogen-bond donors (Lipinski definition) is 1. The SMILES string of the molecule is COC(=O)C(C)Nc1cc(C(F)(F)F)ncc1[N+](=O)[O-]. The number of halogens is 3. The van der Waals surface area contributed by atoms with Crippen LogP contribution in [0.1, 0.15) is 12.6 Å². The van der Waals surface area contributed by atoms with E-state index >= 15 is 0 Å². The molecule has 0 radical (unpaired) electrons. The number of rotatable bonds is 4. The molecule has 1 rings (SSSR count). The minimum atomic E-state index is -4.75. The van der Waals surface area contributed by atoms with Crippen molar-refractivity contribution in [2.75, 3.05) is 12.4 Å². The third-order valence-electron chi connectivity index (χ3n) is 2.30. The quantitative estimate of drug-likeness (QED) is 0.518. The third-order valence-corrected chi connectivity index (χ3v) is 2.30. The topological polar surface area (TPSA) is 94.4 Å². The zero-order valence-electron chi connectivity index (χ0n) is 10.4. The Morgan fingerprint density at radius 3 is 2.60 bits per heavy atom. The number of esters is 1. The van der Waals surface area contributed by atoms with Gasteiger partial charge in [0.05, 0.1) is 12.0 Å². The molecule has 1 unspecified atom stereocenters. The van der Waals surface area contributed by atoms with Gasteiger partial charge in [-0.05, 0) is 13.0 Å². The molecule has 110 valence electrons. The fourth-order valence-corrected chi connectivity index (χ4v) is 1.33. The Hall–Kier alpha value is -2.39. The summed E-state index contributed by atoms with van der Waals surface area (Å²) in [7, 11) is 1.09. The van der Waals surface area contributed by atoms with Crippen molar-refractivity contribution in [1.29, 1.82) is 0 Å². The first-order chi connectivity index (χ1) is 9.16. The van der Waals surface area contributed by atoms with E-state index in [2.05, 4.69) is 15.0 Å². The van der Waals surface area contributed by atoms with Crippen LogP contribution in [-0.2, 0) is 15.7 Å². The number of ether oxygens (including phenoxy) is 1. The first-order valence-corrected chi connectivity index (χ1v) is 5.22. The van der Waals surface area contributed by atoms with Gasteiger partial charge in [0.25, 0.3) is 0 Å². The fourth-order valence-electron chi connectivity index (χ4n) is 1.33. The van der Waals surface area contributed by atoms with Gasteiger partial charge in [-0.2, -0.15) is 13.2 Å². The number of nitrogens with zero attached hydrogens (tertiary/aromatic N) is 2. The van der Waals surface area contributed by atoms with Gasteiger partial charge in [-0.25, -0.2) is 9.78 Å². The van der Waals surface area contributed by atoms with E-state index in [0.717, 1.165) is 7.11 Å². The Morgan fingerprint density at radius 2 is 2.15 bits per heavy atom. The molecule has 20 heavy (non-hydrogen) atoms. The highest BCUT2D eigenvalue weighted by Gasteiger charge is 2.34. The minimum absolute atomic E-state index is 0.463. The smallest absolute Gasteiger partial charge is 0.433 e. The molecular formula is C10H10F3N3O4. The molecule has 0 aliphatic rings. The van der Waals surface area contributed by atoms with E-state index in [4.69, 9.17) is 0 Å². The lowest BCUT2D eigenvalue weighted by Gasteiger charge is -2.14. The van der Waals surface area contributed by atoms with Crippen LogP contribution >= 0.6 is 0 Å². The van der Waals surface area contributed by atoms with E-state index in [-0.39, 0.29) is 0 Å². The molecule has 0 spiro atoms. The number of carbonyl (C=O) groups excluding carboxylic acids is 1. The Labute approximate surface area is 110 Å². The van der Waals surface area contributed by atoms with E-state index in [1.54, 1.807) is 0 Å². The number of nitrogens with one attached hydrogen (secondary N) is 1. The van der Waals surface area contributed by atoms with Gasteiger partial charge in [0.15, 0.2) is 0 Å². The predicted octanol–water partition coefficient (Wildman–Crippen LogP) is 1.98. The average molecular weight is 293 g/mol. The van der Waals surface area contributed by atoms with Crippen LogP contribution in [-0.4, -0.2) is 29.0 Å². The third kappa shape index (κ3) is 3.56. The van der Waals surface area contributed by atoms with E-state index < -0.39 is 40.2 Å². The molecule has 0 fully saturated rings. The molecule has 0 saturated carbocycles. The molecule has 0 bridgehead atoms. The van der Waals surface area contributed by atoms with Crippen LogP contribution in [0.2, 0.25) is 0 Å². The number of alkyl halides is 3. The zero-order valence-corrected chi connectivity index (χ0v) is 10.4. The van der Waals surface area contributed by atoms with E-state index in [0.29, 0.717) is 12.3 Å². The van der Waals surface area contributed by atoms with Gasteiger partial charge in [0, 0.05) is 0 Å². The first-order valence-electron chi connectivity index (χ1n) is 5.22. The van der Waals surface area contributed by atoms with Crippen LogP contribution in [0.15, 0.2) is 12.3 Å². The van der Waals surface area contributed by atoms with E-state index in [1.165, 1.54) is 6.92 Å². The molecule has 10 heteroatoms. The monoisotopic (exact) mass is 293 g/mol. The summed E-state index contributed by atoms with van der Waals surface area (Å²) in [4.78, 5) is 24.0. The molecule has 1 heterocycles. The summed E-state index contributed by atoms with van der Waals surface area (Å²) in [6, 6.07) is -0.584. The standard InChI is InChI=1S/C10H10F3N3O4/c1-5(9(17)20-2)15-6-3-8(10(11,12)13)14-4-7(6)16(18)19/h3-5H,1-2H3,(H,14,15). The number of pyridine rings is 1. The number of anilines is 1. The van der Waals surface area contributed by atoms with Gasteiger partial charge in [0.2, 0.25) is 0 Å². The molecule has 0 aliphatic carbocycles. The van der Waals surface area contributed by atoms with Crippen LogP contribution in [0.4, 0.5) is 24.5 Å². The normalized spacial score (nSPS) is 12.7. The largest absolute Gasteiger partial charge is 0.467 e. The lowest BCUT2D eigenvalue weighted by Crippen LogP contribution is -2.27.